The lowest BCUT2D eigenvalue weighted by atomic mass is 10.1. The third kappa shape index (κ3) is 14.0. The van der Waals surface area contributed by atoms with Crippen LogP contribution < -0.4 is 36.5 Å². The number of halogens is 3. The zero-order chi connectivity index (χ0) is 81.0. The normalized spacial score (nSPS) is 11.6. The van der Waals surface area contributed by atoms with Gasteiger partial charge in [-0.25, -0.2) is 32.0 Å². The SMILES string of the molecule is C[n+]1cn(-c2cc(-n3c[n+](C)c4ccccc43)cc(C(F)(F)F)c2)c2ccccc21.C[n+]1cn(-c2cccc(-n3c[n+](C)c4ccccc43)c2)c2ccccc21.C[n+]1cn(Cc2cccc(-n3c[n+](C)c4ccccc43)c2)c2ccccc21.c1ccc(-[n+]2cn(-c3cccc(-n4c[n+](-c5ccccc5)c5ccccc54)c3)c3ccccc32)cc1. The first-order chi connectivity index (χ1) is 58.1. The predicted molar refractivity (Wildman–Crippen MR) is 460 cm³/mol. The molecule has 0 aliphatic carbocycles. The Morgan fingerprint density at radius 1 is 0.218 bits per heavy atom. The van der Waals surface area contributed by atoms with Crippen molar-refractivity contribution in [3.8, 4) is 51.2 Å². The summed E-state index contributed by atoms with van der Waals surface area (Å²) in [6, 6.07) is 118. The summed E-state index contributed by atoms with van der Waals surface area (Å²) in [5.41, 5.74) is 27.5. The molecule has 578 valence electrons. The van der Waals surface area contributed by atoms with Crippen LogP contribution in [0.5, 0.6) is 0 Å². The number of nitrogens with zero attached hydrogens (tertiary/aromatic N) is 16. The molecular weight excluding hydrogens is 1480 g/mol. The zero-order valence-corrected chi connectivity index (χ0v) is 66.5. The van der Waals surface area contributed by atoms with Crippen LogP contribution in [0.15, 0.2) is 396 Å². The van der Waals surface area contributed by atoms with E-state index in [1.165, 1.54) is 78.6 Å². The van der Waals surface area contributed by atoms with E-state index in [9.17, 15) is 13.2 Å². The molecular formula is C100H85F3N16+8. The minimum atomic E-state index is -4.46. The Bertz CT molecular complexity index is 7230. The van der Waals surface area contributed by atoms with Crippen LogP contribution in [0.4, 0.5) is 13.2 Å². The average Bonchev–Trinajstić information content (AvgIpc) is 1.62. The first-order valence-corrected chi connectivity index (χ1v) is 39.5. The van der Waals surface area contributed by atoms with Crippen LogP contribution in [0.25, 0.3) is 139 Å². The number of aryl methyl sites for hydroxylation is 6. The van der Waals surface area contributed by atoms with Crippen molar-refractivity contribution in [1.29, 1.82) is 0 Å². The van der Waals surface area contributed by atoms with Gasteiger partial charge in [-0.2, -0.15) is 54.3 Å². The van der Waals surface area contributed by atoms with Crippen molar-refractivity contribution in [2.24, 2.45) is 42.3 Å². The van der Waals surface area contributed by atoms with Gasteiger partial charge in [-0.1, -0.05) is 158 Å². The van der Waals surface area contributed by atoms with E-state index in [4.69, 9.17) is 0 Å². The number of benzene rings is 14. The van der Waals surface area contributed by atoms with Crippen molar-refractivity contribution in [2.75, 3.05) is 0 Å². The van der Waals surface area contributed by atoms with E-state index >= 15 is 0 Å². The molecule has 22 aromatic rings. The van der Waals surface area contributed by atoms with E-state index in [2.05, 4.69) is 400 Å². The van der Waals surface area contributed by atoms with Gasteiger partial charge in [-0.05, 0) is 175 Å². The smallest absolute Gasteiger partial charge is 0.233 e. The van der Waals surface area contributed by atoms with Gasteiger partial charge in [-0.3, -0.25) is 0 Å². The van der Waals surface area contributed by atoms with Crippen molar-refractivity contribution >= 4 is 88.3 Å². The average molecular weight is 1570 g/mol. The number of imidazole rings is 8. The number of hydrogen-bond donors (Lipinski definition) is 0. The van der Waals surface area contributed by atoms with Crippen LogP contribution in [0, 0.1) is 0 Å². The monoisotopic (exact) mass is 1570 g/mol. The molecule has 0 aliphatic rings. The van der Waals surface area contributed by atoms with Crippen molar-refractivity contribution < 1.29 is 49.7 Å². The molecule has 14 aromatic carbocycles. The summed E-state index contributed by atoms with van der Waals surface area (Å²) in [6.45, 7) is 0.848. The Kier molecular flexibility index (Phi) is 19.1. The van der Waals surface area contributed by atoms with Gasteiger partial charge in [0.1, 0.15) is 57.7 Å². The molecule has 16 nitrogen and oxygen atoms in total. The van der Waals surface area contributed by atoms with Gasteiger partial charge in [0.2, 0.25) is 38.0 Å². The van der Waals surface area contributed by atoms with Gasteiger partial charge in [0, 0.05) is 18.2 Å². The summed E-state index contributed by atoms with van der Waals surface area (Å²) in [6.07, 6.45) is 12.1. The number of hydrogen-bond acceptors (Lipinski definition) is 0. The Labute approximate surface area is 684 Å². The van der Waals surface area contributed by atoms with Gasteiger partial charge in [0.25, 0.3) is 12.7 Å². The van der Waals surface area contributed by atoms with Crippen molar-refractivity contribution in [3.05, 3.63) is 408 Å². The molecule has 0 atom stereocenters. The highest BCUT2D eigenvalue weighted by molar-refractivity contribution is 5.81. The number of aromatic nitrogens is 16. The second kappa shape index (κ2) is 30.8. The summed E-state index contributed by atoms with van der Waals surface area (Å²) >= 11 is 0. The minimum absolute atomic E-state index is 0.456. The molecule has 0 spiro atoms. The second-order valence-corrected chi connectivity index (χ2v) is 30.1. The van der Waals surface area contributed by atoms with Crippen LogP contribution in [-0.4, -0.2) is 36.5 Å². The standard InChI is InChI=1S/C32H24N4.C23H19F3N4.C23H22N4.C22H20N4/c1-3-12-25(13-4-1)33-23-35(31-20-9-7-18-29(31)33)27-16-11-17-28(22-27)36-24-34(26-14-5-2-6-15-26)30-19-8-10-21-32(30)36;1-27-14-29(21-9-5-3-7-19(21)27)17-11-16(23(24,25)26)12-18(13-17)30-15-28(2)20-8-4-6-10-22(20)30;1-24-16-26(22-12-5-3-10-20(22)24)15-18-8-7-9-19(14-18)27-17-25(2)21-11-4-6-13-23(21)27;1-23-15-25(21-12-5-3-10-19(21)23)17-8-7-9-18(14-17)26-16-24(2)20-11-4-6-13-22(20)26/h1-24H;3-15H,1-2H3;3-14,16-17H,15H2,1-2H3;3-16H,1-2H3/q4*+2. The highest BCUT2D eigenvalue weighted by Crippen LogP contribution is 2.35. The van der Waals surface area contributed by atoms with Gasteiger partial charge in [-0.15, -0.1) is 0 Å². The van der Waals surface area contributed by atoms with E-state index < -0.39 is 11.7 Å². The summed E-state index contributed by atoms with van der Waals surface area (Å²) in [5, 5.41) is 0. The van der Waals surface area contributed by atoms with Crippen LogP contribution in [0.2, 0.25) is 0 Å². The molecule has 119 heavy (non-hydrogen) atoms. The topological polar surface area (TPSA) is 70.5 Å². The molecule has 0 amide bonds. The quantitative estimate of drug-likeness (QED) is 0.116. The molecule has 22 rings (SSSR count). The van der Waals surface area contributed by atoms with E-state index in [1.807, 2.05) is 71.8 Å². The van der Waals surface area contributed by atoms with E-state index in [0.29, 0.717) is 11.4 Å². The molecule has 19 heteroatoms. The summed E-state index contributed by atoms with van der Waals surface area (Å²) in [4.78, 5) is 0. The molecule has 0 saturated carbocycles. The van der Waals surface area contributed by atoms with Gasteiger partial charge in [0.05, 0.1) is 47.8 Å². The third-order valence-electron chi connectivity index (χ3n) is 22.4. The maximum absolute atomic E-state index is 13.8. The van der Waals surface area contributed by atoms with Gasteiger partial charge < -0.3 is 0 Å². The first kappa shape index (κ1) is 73.8. The van der Waals surface area contributed by atoms with E-state index in [-0.39, 0.29) is 0 Å². The van der Waals surface area contributed by atoms with E-state index in [0.717, 1.165) is 73.8 Å². The summed E-state index contributed by atoms with van der Waals surface area (Å²) < 4.78 is 75.5. The number of para-hydroxylation sites is 18. The Morgan fingerprint density at radius 2 is 0.462 bits per heavy atom. The van der Waals surface area contributed by atoms with Gasteiger partial charge in [0.15, 0.2) is 88.3 Å². The molecule has 0 saturated heterocycles. The fourth-order valence-corrected chi connectivity index (χ4v) is 16.7. The molecule has 8 heterocycles. The van der Waals surface area contributed by atoms with Crippen LogP contribution >= 0.6 is 0 Å². The third-order valence-corrected chi connectivity index (χ3v) is 22.4. The maximum atomic E-state index is 13.8. The van der Waals surface area contributed by atoms with Gasteiger partial charge >= 0.3 is 6.18 Å². The van der Waals surface area contributed by atoms with Crippen LogP contribution in [-0.2, 0) is 55.0 Å². The fourth-order valence-electron chi connectivity index (χ4n) is 16.7. The fraction of sp³-hybridized carbons (Fsp3) is 0.0800. The molecule has 0 fully saturated rings. The largest absolute Gasteiger partial charge is 0.416 e. The number of fused-ring (bicyclic) bond motifs is 8. The molecule has 0 bridgehead atoms. The highest BCUT2D eigenvalue weighted by atomic mass is 19.4. The molecule has 8 aromatic heterocycles. The number of rotatable bonds is 11. The summed E-state index contributed by atoms with van der Waals surface area (Å²) in [7, 11) is 12.1. The van der Waals surface area contributed by atoms with Crippen molar-refractivity contribution in [1.82, 2.24) is 36.5 Å². The minimum Gasteiger partial charge on any atom is -0.233 e. The summed E-state index contributed by atoms with van der Waals surface area (Å²) in [5.74, 6) is 0. The molecule has 0 N–H and O–H groups in total. The Morgan fingerprint density at radius 3 is 0.798 bits per heavy atom. The molecule has 0 radical (unpaired) electrons. The Hall–Kier alpha value is -15.4. The highest BCUT2D eigenvalue weighted by Gasteiger charge is 2.34. The first-order valence-electron chi connectivity index (χ1n) is 39.5. The Balaban J connectivity index is 0.000000106. The molecule has 0 aliphatic heterocycles. The lowest BCUT2D eigenvalue weighted by Crippen LogP contribution is -2.28. The van der Waals surface area contributed by atoms with Crippen molar-refractivity contribution in [2.45, 2.75) is 12.7 Å². The molecule has 0 unspecified atom stereocenters. The van der Waals surface area contributed by atoms with Crippen LogP contribution in [0.1, 0.15) is 11.1 Å². The second-order valence-electron chi connectivity index (χ2n) is 30.1. The zero-order valence-electron chi connectivity index (χ0n) is 66.5. The number of alkyl halides is 3. The predicted octanol–water partition coefficient (Wildman–Crippen LogP) is 16.9. The van der Waals surface area contributed by atoms with Crippen LogP contribution in [0.3, 0.4) is 0 Å². The van der Waals surface area contributed by atoms with E-state index in [1.54, 1.807) is 27.9 Å². The van der Waals surface area contributed by atoms with Crippen molar-refractivity contribution in [3.63, 3.8) is 0 Å². The lowest BCUT2D eigenvalue weighted by molar-refractivity contribution is -0.645. The maximum Gasteiger partial charge on any atom is 0.416 e. The lowest BCUT2D eigenvalue weighted by Gasteiger charge is -2.09.